The molecule has 1 fully saturated rings. The average Bonchev–Trinajstić information content (AvgIpc) is 2.67. The average molecular weight is 357 g/mol. The van der Waals surface area contributed by atoms with Crippen LogP contribution < -0.4 is 0 Å². The number of carbonyl (C=O) groups is 1. The summed E-state index contributed by atoms with van der Waals surface area (Å²) in [6.45, 7) is 6.43. The summed E-state index contributed by atoms with van der Waals surface area (Å²) in [6.07, 6.45) is 4.44. The summed E-state index contributed by atoms with van der Waals surface area (Å²) in [5.41, 5.74) is 0.670. The molecule has 1 saturated heterocycles. The van der Waals surface area contributed by atoms with Gasteiger partial charge in [-0.1, -0.05) is 0 Å². The number of likely N-dealkylation sites (tertiary alicyclic amines) is 1. The standard InChI is InChI=1S/C14H17BrN2O2S/c1-14(2,3)19-13(18)17-7-8-4-11(17)9-5-16-6-10(15)12(9)20-8/h5-6,8,11H,4,7H2,1-3H3/t8-,11-/m0/s1. The number of thioether (sulfide) groups is 1. The van der Waals surface area contributed by atoms with E-state index in [1.54, 1.807) is 0 Å². The fourth-order valence-electron chi connectivity index (χ4n) is 2.67. The summed E-state index contributed by atoms with van der Waals surface area (Å²) in [4.78, 5) is 19.7. The molecule has 3 heterocycles. The second-order valence-electron chi connectivity index (χ2n) is 6.16. The zero-order valence-electron chi connectivity index (χ0n) is 11.7. The second kappa shape index (κ2) is 4.91. The van der Waals surface area contributed by atoms with E-state index in [2.05, 4.69) is 20.9 Å². The van der Waals surface area contributed by atoms with Crippen molar-refractivity contribution in [2.75, 3.05) is 6.54 Å². The van der Waals surface area contributed by atoms with E-state index < -0.39 is 5.60 Å². The number of nitrogens with zero attached hydrogens (tertiary/aromatic N) is 2. The lowest BCUT2D eigenvalue weighted by Crippen LogP contribution is -2.36. The van der Waals surface area contributed by atoms with Crippen molar-refractivity contribution in [2.45, 2.75) is 49.0 Å². The van der Waals surface area contributed by atoms with Crippen molar-refractivity contribution in [1.29, 1.82) is 0 Å². The summed E-state index contributed by atoms with van der Waals surface area (Å²) < 4.78 is 6.54. The zero-order chi connectivity index (χ0) is 14.5. The number of pyridine rings is 1. The number of amides is 1. The Balaban J connectivity index is 1.89. The van der Waals surface area contributed by atoms with E-state index in [0.717, 1.165) is 23.0 Å². The predicted octanol–water partition coefficient (Wildman–Crippen LogP) is 4.00. The van der Waals surface area contributed by atoms with E-state index in [9.17, 15) is 4.79 Å². The van der Waals surface area contributed by atoms with E-state index >= 15 is 0 Å². The van der Waals surface area contributed by atoms with Gasteiger partial charge in [-0.2, -0.15) is 0 Å². The summed E-state index contributed by atoms with van der Waals surface area (Å²) in [5, 5.41) is 0.443. The van der Waals surface area contributed by atoms with E-state index in [1.807, 2.05) is 49.8 Å². The van der Waals surface area contributed by atoms with Crippen LogP contribution in [-0.4, -0.2) is 33.4 Å². The summed E-state index contributed by atoms with van der Waals surface area (Å²) in [6, 6.07) is 0.0936. The maximum Gasteiger partial charge on any atom is 0.410 e. The first-order chi connectivity index (χ1) is 9.35. The molecular weight excluding hydrogens is 340 g/mol. The maximum absolute atomic E-state index is 12.4. The number of ether oxygens (including phenoxy) is 1. The van der Waals surface area contributed by atoms with Gasteiger partial charge in [-0.25, -0.2) is 4.79 Å². The molecule has 0 unspecified atom stereocenters. The van der Waals surface area contributed by atoms with Gasteiger partial charge < -0.3 is 4.74 Å². The first-order valence-corrected chi connectivity index (χ1v) is 8.32. The van der Waals surface area contributed by atoms with Gasteiger partial charge in [0.1, 0.15) is 5.60 Å². The van der Waals surface area contributed by atoms with Crippen molar-refractivity contribution in [3.05, 3.63) is 22.4 Å². The normalized spacial score (nSPS) is 24.5. The Labute approximate surface area is 131 Å². The molecular formula is C14H17BrN2O2S. The van der Waals surface area contributed by atoms with Crippen molar-refractivity contribution < 1.29 is 9.53 Å². The first kappa shape index (κ1) is 14.2. The highest BCUT2D eigenvalue weighted by atomic mass is 79.9. The molecule has 2 atom stereocenters. The van der Waals surface area contributed by atoms with E-state index in [0.29, 0.717) is 5.25 Å². The molecule has 20 heavy (non-hydrogen) atoms. The van der Waals surface area contributed by atoms with E-state index in [4.69, 9.17) is 4.74 Å². The van der Waals surface area contributed by atoms with E-state index in [1.165, 1.54) is 4.90 Å². The quantitative estimate of drug-likeness (QED) is 0.704. The molecule has 4 nitrogen and oxygen atoms in total. The lowest BCUT2D eigenvalue weighted by atomic mass is 10.1. The highest BCUT2D eigenvalue weighted by Gasteiger charge is 2.43. The molecule has 0 spiro atoms. The Bertz CT molecular complexity index is 559. The molecule has 3 rings (SSSR count). The molecule has 1 aromatic heterocycles. The number of carbonyl (C=O) groups excluding carboxylic acids is 1. The van der Waals surface area contributed by atoms with Crippen molar-refractivity contribution in [3.63, 3.8) is 0 Å². The Morgan fingerprint density at radius 3 is 2.95 bits per heavy atom. The topological polar surface area (TPSA) is 42.4 Å². The molecule has 1 aromatic rings. The van der Waals surface area contributed by atoms with Crippen LogP contribution in [0.25, 0.3) is 0 Å². The monoisotopic (exact) mass is 356 g/mol. The van der Waals surface area contributed by atoms with Gasteiger partial charge in [-0.3, -0.25) is 9.88 Å². The Morgan fingerprint density at radius 1 is 1.50 bits per heavy atom. The van der Waals surface area contributed by atoms with Crippen molar-refractivity contribution in [3.8, 4) is 0 Å². The Morgan fingerprint density at radius 2 is 2.25 bits per heavy atom. The van der Waals surface area contributed by atoms with Crippen LogP contribution in [-0.2, 0) is 4.74 Å². The molecule has 0 aromatic carbocycles. The van der Waals surface area contributed by atoms with Gasteiger partial charge in [0.15, 0.2) is 0 Å². The minimum absolute atomic E-state index is 0.0936. The highest BCUT2D eigenvalue weighted by molar-refractivity contribution is 9.10. The number of halogens is 1. The van der Waals surface area contributed by atoms with Gasteiger partial charge in [0.2, 0.25) is 0 Å². The van der Waals surface area contributed by atoms with Gasteiger partial charge in [0.05, 0.1) is 6.04 Å². The minimum Gasteiger partial charge on any atom is -0.444 e. The van der Waals surface area contributed by atoms with Crippen LogP contribution in [0.2, 0.25) is 0 Å². The van der Waals surface area contributed by atoms with E-state index in [-0.39, 0.29) is 12.1 Å². The van der Waals surface area contributed by atoms with Crippen molar-refractivity contribution >= 4 is 33.8 Å². The lowest BCUT2D eigenvalue weighted by Gasteiger charge is -2.29. The second-order valence-corrected chi connectivity index (χ2v) is 8.33. The fourth-order valence-corrected chi connectivity index (χ4v) is 4.63. The highest BCUT2D eigenvalue weighted by Crippen LogP contribution is 2.50. The summed E-state index contributed by atoms with van der Waals surface area (Å²) in [7, 11) is 0. The largest absolute Gasteiger partial charge is 0.444 e. The third-order valence-electron chi connectivity index (χ3n) is 3.41. The van der Waals surface area contributed by atoms with Gasteiger partial charge in [0, 0.05) is 39.1 Å². The number of aromatic nitrogens is 1. The number of fused-ring (bicyclic) bond motifs is 4. The van der Waals surface area contributed by atoms with Crippen LogP contribution in [0.15, 0.2) is 21.8 Å². The number of rotatable bonds is 0. The molecule has 0 aliphatic carbocycles. The van der Waals surface area contributed by atoms with Gasteiger partial charge in [0.25, 0.3) is 0 Å². The summed E-state index contributed by atoms with van der Waals surface area (Å²) >= 11 is 5.38. The van der Waals surface area contributed by atoms with Crippen LogP contribution in [0.3, 0.4) is 0 Å². The predicted molar refractivity (Wildman–Crippen MR) is 81.9 cm³/mol. The van der Waals surface area contributed by atoms with Crippen LogP contribution in [0.5, 0.6) is 0 Å². The Hall–Kier alpha value is -0.750. The third-order valence-corrected chi connectivity index (χ3v) is 5.64. The van der Waals surface area contributed by atoms with Gasteiger partial charge >= 0.3 is 6.09 Å². The molecule has 0 N–H and O–H groups in total. The molecule has 1 amide bonds. The smallest absolute Gasteiger partial charge is 0.410 e. The lowest BCUT2D eigenvalue weighted by molar-refractivity contribution is 0.0224. The summed E-state index contributed by atoms with van der Waals surface area (Å²) in [5.74, 6) is 0. The van der Waals surface area contributed by atoms with Crippen LogP contribution in [0.1, 0.15) is 38.8 Å². The molecule has 2 aliphatic rings. The van der Waals surface area contributed by atoms with Gasteiger partial charge in [-0.15, -0.1) is 11.8 Å². The van der Waals surface area contributed by atoms with Crippen molar-refractivity contribution in [1.82, 2.24) is 9.88 Å². The number of hydrogen-bond donors (Lipinski definition) is 0. The molecule has 2 aliphatic heterocycles. The molecule has 108 valence electrons. The molecule has 0 radical (unpaired) electrons. The van der Waals surface area contributed by atoms with Gasteiger partial charge in [-0.05, 0) is 43.1 Å². The van der Waals surface area contributed by atoms with Crippen LogP contribution in [0.4, 0.5) is 4.79 Å². The fraction of sp³-hybridized carbons (Fsp3) is 0.571. The minimum atomic E-state index is -0.459. The molecule has 2 bridgehead atoms. The molecule has 6 heteroatoms. The Kier molecular flexibility index (Phi) is 3.49. The van der Waals surface area contributed by atoms with Crippen molar-refractivity contribution in [2.24, 2.45) is 0 Å². The maximum atomic E-state index is 12.4. The SMILES string of the molecule is CC(C)(C)OC(=O)N1C[C@@H]2C[C@H]1c1cncc(Br)c1S2. The number of hydrogen-bond acceptors (Lipinski definition) is 4. The first-order valence-electron chi connectivity index (χ1n) is 6.65. The van der Waals surface area contributed by atoms with Crippen LogP contribution in [0, 0.1) is 0 Å². The van der Waals surface area contributed by atoms with Crippen LogP contribution >= 0.6 is 27.7 Å². The molecule has 0 saturated carbocycles. The zero-order valence-corrected chi connectivity index (χ0v) is 14.1. The third kappa shape index (κ3) is 2.55.